The molecule has 5 heteroatoms. The molecule has 2 aliphatic rings. The van der Waals surface area contributed by atoms with Crippen LogP contribution in [-0.4, -0.2) is 40.6 Å². The van der Waals surface area contributed by atoms with Crippen LogP contribution in [0.25, 0.3) is 11.0 Å². The average Bonchev–Trinajstić information content (AvgIpc) is 3.05. The fourth-order valence-corrected chi connectivity index (χ4v) is 3.35. The first kappa shape index (κ1) is 10.3. The van der Waals surface area contributed by atoms with Gasteiger partial charge in [-0.15, -0.1) is 0 Å². The van der Waals surface area contributed by atoms with Crippen molar-refractivity contribution in [3.8, 4) is 0 Å². The predicted molar refractivity (Wildman–Crippen MR) is 70.6 cm³/mol. The normalized spacial score (nSPS) is 27.7. The van der Waals surface area contributed by atoms with E-state index in [1.54, 1.807) is 6.33 Å². The van der Waals surface area contributed by atoms with Gasteiger partial charge in [0, 0.05) is 25.3 Å². The van der Waals surface area contributed by atoms with Crippen LogP contribution in [0.2, 0.25) is 0 Å². The summed E-state index contributed by atoms with van der Waals surface area (Å²) in [5.41, 5.74) is 0.937. The van der Waals surface area contributed by atoms with E-state index < -0.39 is 0 Å². The first-order valence-electron chi connectivity index (χ1n) is 6.68. The third kappa shape index (κ3) is 1.50. The summed E-state index contributed by atoms with van der Waals surface area (Å²) in [5, 5.41) is 4.74. The Morgan fingerprint density at radius 2 is 2.28 bits per heavy atom. The first-order chi connectivity index (χ1) is 8.92. The second kappa shape index (κ2) is 3.95. The first-order valence-corrected chi connectivity index (χ1v) is 6.68. The van der Waals surface area contributed by atoms with E-state index in [2.05, 4.69) is 31.2 Å². The Labute approximate surface area is 106 Å². The van der Waals surface area contributed by atoms with E-state index >= 15 is 0 Å². The van der Waals surface area contributed by atoms with Gasteiger partial charge in [0.05, 0.1) is 5.39 Å². The topological polar surface area (TPSA) is 56.8 Å². The van der Waals surface area contributed by atoms with Gasteiger partial charge in [-0.2, -0.15) is 0 Å². The van der Waals surface area contributed by atoms with Gasteiger partial charge in [-0.25, -0.2) is 9.97 Å². The number of fused-ring (bicyclic) bond motifs is 2. The molecule has 4 heterocycles. The fraction of sp³-hybridized carbons (Fsp3) is 0.538. The lowest BCUT2D eigenvalue weighted by Gasteiger charge is -2.35. The van der Waals surface area contributed by atoms with Gasteiger partial charge >= 0.3 is 0 Å². The number of rotatable bonds is 1. The van der Waals surface area contributed by atoms with Crippen molar-refractivity contribution < 1.29 is 0 Å². The van der Waals surface area contributed by atoms with E-state index in [9.17, 15) is 0 Å². The molecular formula is C13H17N5. The molecule has 0 aliphatic carbocycles. The van der Waals surface area contributed by atoms with Gasteiger partial charge in [0.2, 0.25) is 0 Å². The van der Waals surface area contributed by atoms with Crippen LogP contribution >= 0.6 is 0 Å². The maximum atomic E-state index is 4.49. The summed E-state index contributed by atoms with van der Waals surface area (Å²) < 4.78 is 0. The van der Waals surface area contributed by atoms with Crippen LogP contribution in [-0.2, 0) is 0 Å². The van der Waals surface area contributed by atoms with Crippen LogP contribution < -0.4 is 10.2 Å². The van der Waals surface area contributed by atoms with Crippen molar-refractivity contribution in [2.24, 2.45) is 5.92 Å². The van der Waals surface area contributed by atoms with Gasteiger partial charge in [-0.3, -0.25) is 0 Å². The standard InChI is InChI=1S/C13H17N5/c1-4-14-11-3-6-18(7-9(1)11)13-10-2-5-15-12(10)16-8-17-13/h2,5,8-9,11,14H,1,3-4,6-7H2,(H,15,16,17). The molecule has 0 amide bonds. The molecule has 18 heavy (non-hydrogen) atoms. The lowest BCUT2D eigenvalue weighted by molar-refractivity contribution is 0.375. The van der Waals surface area contributed by atoms with Crippen LogP contribution in [0.4, 0.5) is 5.82 Å². The molecule has 5 nitrogen and oxygen atoms in total. The van der Waals surface area contributed by atoms with Gasteiger partial charge in [0.15, 0.2) is 0 Å². The molecule has 2 aromatic heterocycles. The van der Waals surface area contributed by atoms with Crippen LogP contribution in [0.5, 0.6) is 0 Å². The number of hydrogen-bond donors (Lipinski definition) is 2. The average molecular weight is 243 g/mol. The van der Waals surface area contributed by atoms with E-state index in [-0.39, 0.29) is 0 Å². The summed E-state index contributed by atoms with van der Waals surface area (Å²) >= 11 is 0. The Bertz CT molecular complexity index is 563. The summed E-state index contributed by atoms with van der Waals surface area (Å²) in [6, 6.07) is 2.80. The molecule has 2 atom stereocenters. The Morgan fingerprint density at radius 1 is 1.28 bits per heavy atom. The highest BCUT2D eigenvalue weighted by Crippen LogP contribution is 2.30. The lowest BCUT2D eigenvalue weighted by atomic mass is 9.93. The number of piperidine rings is 1. The molecule has 0 bridgehead atoms. The lowest BCUT2D eigenvalue weighted by Crippen LogP contribution is -2.44. The van der Waals surface area contributed by atoms with E-state index in [0.29, 0.717) is 0 Å². The summed E-state index contributed by atoms with van der Waals surface area (Å²) in [6.07, 6.45) is 6.11. The van der Waals surface area contributed by atoms with E-state index in [1.807, 2.05) is 6.20 Å². The number of nitrogens with zero attached hydrogens (tertiary/aromatic N) is 3. The molecule has 0 aromatic carbocycles. The van der Waals surface area contributed by atoms with Crippen molar-refractivity contribution in [2.45, 2.75) is 18.9 Å². The van der Waals surface area contributed by atoms with Gasteiger partial charge in [0.1, 0.15) is 17.8 Å². The minimum atomic E-state index is 0.727. The minimum absolute atomic E-state index is 0.727. The number of anilines is 1. The van der Waals surface area contributed by atoms with Crippen molar-refractivity contribution in [1.82, 2.24) is 20.3 Å². The highest BCUT2D eigenvalue weighted by atomic mass is 15.2. The second-order valence-corrected chi connectivity index (χ2v) is 5.28. The zero-order valence-electron chi connectivity index (χ0n) is 10.3. The van der Waals surface area contributed by atoms with Crippen LogP contribution in [0.1, 0.15) is 12.8 Å². The van der Waals surface area contributed by atoms with Crippen LogP contribution in [0.3, 0.4) is 0 Å². The molecule has 0 spiro atoms. The summed E-state index contributed by atoms with van der Waals surface area (Å²) in [4.78, 5) is 14.3. The number of hydrogen-bond acceptors (Lipinski definition) is 4. The molecule has 2 N–H and O–H groups in total. The zero-order valence-corrected chi connectivity index (χ0v) is 10.3. The summed E-state index contributed by atoms with van der Waals surface area (Å²) in [7, 11) is 0. The third-order valence-corrected chi connectivity index (χ3v) is 4.29. The van der Waals surface area contributed by atoms with Crippen molar-refractivity contribution in [1.29, 1.82) is 0 Å². The van der Waals surface area contributed by atoms with E-state index in [1.165, 1.54) is 19.4 Å². The molecule has 0 radical (unpaired) electrons. The number of aromatic amines is 1. The maximum absolute atomic E-state index is 4.49. The van der Waals surface area contributed by atoms with E-state index in [4.69, 9.17) is 0 Å². The molecule has 2 saturated heterocycles. The van der Waals surface area contributed by atoms with Gasteiger partial charge in [-0.05, 0) is 31.4 Å². The fourth-order valence-electron chi connectivity index (χ4n) is 3.35. The monoisotopic (exact) mass is 243 g/mol. The molecule has 94 valence electrons. The summed E-state index contributed by atoms with van der Waals surface area (Å²) in [6.45, 7) is 3.38. The van der Waals surface area contributed by atoms with Gasteiger partial charge < -0.3 is 15.2 Å². The molecule has 2 fully saturated rings. The number of H-pyrrole nitrogens is 1. The van der Waals surface area contributed by atoms with Crippen LogP contribution in [0.15, 0.2) is 18.6 Å². The Balaban J connectivity index is 1.68. The Kier molecular flexibility index (Phi) is 2.26. The van der Waals surface area contributed by atoms with E-state index in [0.717, 1.165) is 41.9 Å². The van der Waals surface area contributed by atoms with Gasteiger partial charge in [-0.1, -0.05) is 0 Å². The Hall–Kier alpha value is -1.62. The SMILES string of the molecule is c1nc(N2CCC3NCCC3C2)c2cc[nH]c2n1. The Morgan fingerprint density at radius 3 is 3.28 bits per heavy atom. The van der Waals surface area contributed by atoms with Crippen molar-refractivity contribution >= 4 is 16.9 Å². The predicted octanol–water partition coefficient (Wildman–Crippen LogP) is 1.15. The molecule has 4 rings (SSSR count). The second-order valence-electron chi connectivity index (χ2n) is 5.28. The minimum Gasteiger partial charge on any atom is -0.356 e. The van der Waals surface area contributed by atoms with Crippen molar-refractivity contribution in [3.63, 3.8) is 0 Å². The zero-order chi connectivity index (χ0) is 11.9. The van der Waals surface area contributed by atoms with Gasteiger partial charge in [0.25, 0.3) is 0 Å². The molecule has 2 aliphatic heterocycles. The molecule has 2 aromatic rings. The van der Waals surface area contributed by atoms with Crippen molar-refractivity contribution in [3.05, 3.63) is 18.6 Å². The number of aromatic nitrogens is 3. The highest BCUT2D eigenvalue weighted by molar-refractivity contribution is 5.87. The molecular weight excluding hydrogens is 226 g/mol. The third-order valence-electron chi connectivity index (χ3n) is 4.29. The number of nitrogens with one attached hydrogen (secondary N) is 2. The molecule has 0 saturated carbocycles. The highest BCUT2D eigenvalue weighted by Gasteiger charge is 2.33. The largest absolute Gasteiger partial charge is 0.356 e. The smallest absolute Gasteiger partial charge is 0.142 e. The maximum Gasteiger partial charge on any atom is 0.142 e. The summed E-state index contributed by atoms with van der Waals surface area (Å²) in [5.74, 6) is 1.87. The van der Waals surface area contributed by atoms with Crippen molar-refractivity contribution in [2.75, 3.05) is 24.5 Å². The quantitative estimate of drug-likeness (QED) is 0.789. The molecule has 2 unspecified atom stereocenters. The van der Waals surface area contributed by atoms with Crippen LogP contribution in [0, 0.1) is 5.92 Å².